The van der Waals surface area contributed by atoms with E-state index in [0.29, 0.717) is 18.0 Å². The highest BCUT2D eigenvalue weighted by atomic mass is 16.1. The molecule has 1 fully saturated rings. The number of benzene rings is 1. The summed E-state index contributed by atoms with van der Waals surface area (Å²) >= 11 is 0. The fourth-order valence-electron chi connectivity index (χ4n) is 3.47. The summed E-state index contributed by atoms with van der Waals surface area (Å²) in [6, 6.07) is 12.7. The molecular weight excluding hydrogens is 322 g/mol. The SMILES string of the molecule is CC(C)CNC(=O)c1cncc(N2CCC(Cc3ccccc3)CC2)c1. The Morgan fingerprint density at radius 1 is 1.19 bits per heavy atom. The van der Waals surface area contributed by atoms with E-state index in [4.69, 9.17) is 0 Å². The van der Waals surface area contributed by atoms with E-state index in [1.165, 1.54) is 18.4 Å². The molecule has 3 rings (SSSR count). The summed E-state index contributed by atoms with van der Waals surface area (Å²) in [4.78, 5) is 18.9. The maximum absolute atomic E-state index is 12.3. The number of pyridine rings is 1. The number of rotatable bonds is 6. The third-order valence-electron chi connectivity index (χ3n) is 5.00. The minimum absolute atomic E-state index is 0.0352. The summed E-state index contributed by atoms with van der Waals surface area (Å²) in [6.07, 6.45) is 7.04. The monoisotopic (exact) mass is 351 g/mol. The van der Waals surface area contributed by atoms with Crippen LogP contribution in [0.3, 0.4) is 0 Å². The fourth-order valence-corrected chi connectivity index (χ4v) is 3.47. The molecule has 1 aromatic heterocycles. The summed E-state index contributed by atoms with van der Waals surface area (Å²) in [6.45, 7) is 6.92. The van der Waals surface area contributed by atoms with Crippen molar-refractivity contribution in [3.8, 4) is 0 Å². The second-order valence-electron chi connectivity index (χ2n) is 7.66. The lowest BCUT2D eigenvalue weighted by Crippen LogP contribution is -2.34. The van der Waals surface area contributed by atoms with Crippen LogP contribution in [0.25, 0.3) is 0 Å². The van der Waals surface area contributed by atoms with Crippen LogP contribution in [0.2, 0.25) is 0 Å². The van der Waals surface area contributed by atoms with Gasteiger partial charge in [-0.1, -0.05) is 44.2 Å². The first-order valence-electron chi connectivity index (χ1n) is 9.64. The molecule has 4 heteroatoms. The topological polar surface area (TPSA) is 45.2 Å². The standard InChI is InChI=1S/C22H29N3O/c1-17(2)14-24-22(26)20-13-21(16-23-15-20)25-10-8-19(9-11-25)12-18-6-4-3-5-7-18/h3-7,13,15-17,19H,8-12,14H2,1-2H3,(H,24,26). The summed E-state index contributed by atoms with van der Waals surface area (Å²) in [5, 5.41) is 2.97. The number of aromatic nitrogens is 1. The van der Waals surface area contributed by atoms with Gasteiger partial charge in [0, 0.05) is 25.8 Å². The first-order valence-corrected chi connectivity index (χ1v) is 9.64. The Bertz CT molecular complexity index is 706. The Labute approximate surface area is 156 Å². The summed E-state index contributed by atoms with van der Waals surface area (Å²) < 4.78 is 0. The van der Waals surface area contributed by atoms with E-state index in [9.17, 15) is 4.79 Å². The predicted molar refractivity (Wildman–Crippen MR) is 106 cm³/mol. The van der Waals surface area contributed by atoms with Crippen molar-refractivity contribution in [1.82, 2.24) is 10.3 Å². The first-order chi connectivity index (χ1) is 12.6. The number of hydrogen-bond acceptors (Lipinski definition) is 3. The molecule has 0 saturated carbocycles. The first kappa shape index (κ1) is 18.4. The minimum Gasteiger partial charge on any atom is -0.370 e. The van der Waals surface area contributed by atoms with Crippen molar-refractivity contribution in [2.24, 2.45) is 11.8 Å². The van der Waals surface area contributed by atoms with Crippen LogP contribution in [0.1, 0.15) is 42.6 Å². The molecule has 2 aromatic rings. The van der Waals surface area contributed by atoms with Gasteiger partial charge in [0.25, 0.3) is 5.91 Å². The molecule has 26 heavy (non-hydrogen) atoms. The molecule has 0 radical (unpaired) electrons. The number of nitrogens with zero attached hydrogens (tertiary/aromatic N) is 2. The van der Waals surface area contributed by atoms with Gasteiger partial charge in [-0.15, -0.1) is 0 Å². The second-order valence-corrected chi connectivity index (χ2v) is 7.66. The van der Waals surface area contributed by atoms with Crippen molar-refractivity contribution in [2.75, 3.05) is 24.5 Å². The largest absolute Gasteiger partial charge is 0.370 e. The third kappa shape index (κ3) is 5.07. The molecule has 0 spiro atoms. The van der Waals surface area contributed by atoms with Crippen LogP contribution in [-0.4, -0.2) is 30.5 Å². The molecule has 1 N–H and O–H groups in total. The number of carbonyl (C=O) groups excluding carboxylic acids is 1. The number of amides is 1. The van der Waals surface area contributed by atoms with E-state index in [2.05, 4.69) is 59.4 Å². The smallest absolute Gasteiger partial charge is 0.252 e. The van der Waals surface area contributed by atoms with Crippen molar-refractivity contribution in [3.05, 3.63) is 59.9 Å². The molecule has 138 valence electrons. The van der Waals surface area contributed by atoms with Gasteiger partial charge in [0.2, 0.25) is 0 Å². The average Bonchev–Trinajstić information content (AvgIpc) is 2.67. The molecule has 1 saturated heterocycles. The third-order valence-corrected chi connectivity index (χ3v) is 5.00. The van der Waals surface area contributed by atoms with Gasteiger partial charge < -0.3 is 10.2 Å². The van der Waals surface area contributed by atoms with E-state index in [0.717, 1.165) is 31.1 Å². The van der Waals surface area contributed by atoms with Crippen LogP contribution >= 0.6 is 0 Å². The van der Waals surface area contributed by atoms with Gasteiger partial charge in [0.15, 0.2) is 0 Å². The van der Waals surface area contributed by atoms with Crippen LogP contribution in [-0.2, 0) is 6.42 Å². The number of nitrogens with one attached hydrogen (secondary N) is 1. The Morgan fingerprint density at radius 3 is 2.62 bits per heavy atom. The summed E-state index contributed by atoms with van der Waals surface area (Å²) in [7, 11) is 0. The number of anilines is 1. The van der Waals surface area contributed by atoms with E-state index in [-0.39, 0.29) is 5.91 Å². The van der Waals surface area contributed by atoms with Gasteiger partial charge in [-0.05, 0) is 42.7 Å². The van der Waals surface area contributed by atoms with Crippen molar-refractivity contribution in [2.45, 2.75) is 33.1 Å². The van der Waals surface area contributed by atoms with Crippen molar-refractivity contribution < 1.29 is 4.79 Å². The molecule has 2 heterocycles. The van der Waals surface area contributed by atoms with Crippen LogP contribution in [0, 0.1) is 11.8 Å². The second kappa shape index (κ2) is 8.84. The van der Waals surface area contributed by atoms with E-state index >= 15 is 0 Å². The predicted octanol–water partition coefficient (Wildman–Crippen LogP) is 3.93. The van der Waals surface area contributed by atoms with Gasteiger partial charge in [-0.3, -0.25) is 9.78 Å². The maximum Gasteiger partial charge on any atom is 0.252 e. The quantitative estimate of drug-likeness (QED) is 0.858. The van der Waals surface area contributed by atoms with E-state index < -0.39 is 0 Å². The summed E-state index contributed by atoms with van der Waals surface area (Å²) in [5.41, 5.74) is 3.13. The van der Waals surface area contributed by atoms with Crippen LogP contribution in [0.4, 0.5) is 5.69 Å². The van der Waals surface area contributed by atoms with Gasteiger partial charge in [-0.2, -0.15) is 0 Å². The lowest BCUT2D eigenvalue weighted by molar-refractivity contribution is 0.0948. The van der Waals surface area contributed by atoms with E-state index in [1.54, 1.807) is 6.20 Å². The Hall–Kier alpha value is -2.36. The van der Waals surface area contributed by atoms with Gasteiger partial charge in [0.05, 0.1) is 17.4 Å². The van der Waals surface area contributed by atoms with Crippen LogP contribution in [0.15, 0.2) is 48.8 Å². The molecule has 4 nitrogen and oxygen atoms in total. The Balaban J connectivity index is 1.56. The zero-order chi connectivity index (χ0) is 18.4. The van der Waals surface area contributed by atoms with Crippen molar-refractivity contribution in [1.29, 1.82) is 0 Å². The maximum atomic E-state index is 12.3. The molecule has 0 unspecified atom stereocenters. The molecule has 1 aliphatic rings. The van der Waals surface area contributed by atoms with Crippen molar-refractivity contribution >= 4 is 11.6 Å². The molecule has 1 aromatic carbocycles. The zero-order valence-corrected chi connectivity index (χ0v) is 15.8. The van der Waals surface area contributed by atoms with Crippen molar-refractivity contribution in [3.63, 3.8) is 0 Å². The number of carbonyl (C=O) groups is 1. The number of piperidine rings is 1. The average molecular weight is 351 g/mol. The molecular formula is C22H29N3O. The highest BCUT2D eigenvalue weighted by Crippen LogP contribution is 2.25. The summed E-state index contributed by atoms with van der Waals surface area (Å²) in [5.74, 6) is 1.14. The highest BCUT2D eigenvalue weighted by molar-refractivity contribution is 5.94. The van der Waals surface area contributed by atoms with Gasteiger partial charge >= 0.3 is 0 Å². The Morgan fingerprint density at radius 2 is 1.92 bits per heavy atom. The molecule has 0 atom stereocenters. The lowest BCUT2D eigenvalue weighted by atomic mass is 9.90. The van der Waals surface area contributed by atoms with Crippen LogP contribution in [0.5, 0.6) is 0 Å². The van der Waals surface area contributed by atoms with Gasteiger partial charge in [-0.25, -0.2) is 0 Å². The molecule has 0 bridgehead atoms. The minimum atomic E-state index is -0.0352. The van der Waals surface area contributed by atoms with Gasteiger partial charge in [0.1, 0.15) is 0 Å². The van der Waals surface area contributed by atoms with E-state index in [1.807, 2.05) is 12.3 Å². The highest BCUT2D eigenvalue weighted by Gasteiger charge is 2.20. The normalized spacial score (nSPS) is 15.3. The fraction of sp³-hybridized carbons (Fsp3) is 0.455. The molecule has 0 aliphatic carbocycles. The number of hydrogen-bond donors (Lipinski definition) is 1. The van der Waals surface area contributed by atoms with Crippen LogP contribution < -0.4 is 10.2 Å². The Kier molecular flexibility index (Phi) is 6.26. The molecule has 1 aliphatic heterocycles. The molecule has 1 amide bonds. The zero-order valence-electron chi connectivity index (χ0n) is 15.8. The lowest BCUT2D eigenvalue weighted by Gasteiger charge is -2.33.